The van der Waals surface area contributed by atoms with E-state index in [1.54, 1.807) is 12.3 Å². The van der Waals surface area contributed by atoms with Crippen LogP contribution in [-0.2, 0) is 6.54 Å². The van der Waals surface area contributed by atoms with E-state index in [0.29, 0.717) is 24.9 Å². The summed E-state index contributed by atoms with van der Waals surface area (Å²) in [5.41, 5.74) is 0.696. The molecule has 0 radical (unpaired) electrons. The Labute approximate surface area is 106 Å². The maximum Gasteiger partial charge on any atom is 0.248 e. The zero-order chi connectivity index (χ0) is 13.2. The molecule has 18 heavy (non-hydrogen) atoms. The topological polar surface area (TPSA) is 22.0 Å². The molecule has 2 rings (SSSR count). The molecule has 0 N–H and O–H groups in total. The fourth-order valence-corrected chi connectivity index (χ4v) is 2.59. The van der Waals surface area contributed by atoms with Crippen molar-refractivity contribution >= 4 is 5.78 Å². The minimum atomic E-state index is -2.49. The Bertz CT molecular complexity index is 425. The highest BCUT2D eigenvalue weighted by atomic mass is 19.3. The van der Waals surface area contributed by atoms with Crippen molar-refractivity contribution in [2.24, 2.45) is 5.92 Å². The summed E-state index contributed by atoms with van der Waals surface area (Å²) in [6, 6.07) is 1.78. The van der Waals surface area contributed by atoms with Crippen molar-refractivity contribution in [3.8, 4) is 0 Å². The average molecular weight is 255 g/mol. The summed E-state index contributed by atoms with van der Waals surface area (Å²) >= 11 is 0. The Hall–Kier alpha value is -1.19. The molecule has 0 bridgehead atoms. The van der Waals surface area contributed by atoms with Gasteiger partial charge in [-0.2, -0.15) is 0 Å². The standard InChI is InChI=1S/C14H19F2NO/c1-2-3-13(18)12-5-7-17(10-12)9-11-4-6-14(15,16)8-11/h5,7,10-11H,2-4,6,8-9H2,1H3. The minimum absolute atomic E-state index is 0.000553. The summed E-state index contributed by atoms with van der Waals surface area (Å²) in [7, 11) is 0. The molecule has 100 valence electrons. The van der Waals surface area contributed by atoms with Gasteiger partial charge in [-0.15, -0.1) is 0 Å². The first kappa shape index (κ1) is 13.2. The Kier molecular flexibility index (Phi) is 3.83. The van der Waals surface area contributed by atoms with Crippen molar-refractivity contribution in [2.45, 2.75) is 51.5 Å². The monoisotopic (exact) mass is 255 g/mol. The Balaban J connectivity index is 1.93. The molecule has 0 aromatic carbocycles. The van der Waals surface area contributed by atoms with Crippen molar-refractivity contribution in [2.75, 3.05) is 0 Å². The number of hydrogen-bond donors (Lipinski definition) is 0. The molecule has 1 atom stereocenters. The van der Waals surface area contributed by atoms with Gasteiger partial charge in [0.25, 0.3) is 0 Å². The molecular weight excluding hydrogens is 236 g/mol. The minimum Gasteiger partial charge on any atom is -0.353 e. The van der Waals surface area contributed by atoms with Crippen LogP contribution in [0.25, 0.3) is 0 Å². The number of nitrogens with zero attached hydrogens (tertiary/aromatic N) is 1. The average Bonchev–Trinajstić information content (AvgIpc) is 2.86. The van der Waals surface area contributed by atoms with Gasteiger partial charge in [0.2, 0.25) is 5.92 Å². The second kappa shape index (κ2) is 5.21. The first-order valence-corrected chi connectivity index (χ1v) is 6.57. The third-order valence-corrected chi connectivity index (χ3v) is 3.52. The van der Waals surface area contributed by atoms with Crippen LogP contribution in [0, 0.1) is 5.92 Å². The molecule has 0 saturated heterocycles. The Morgan fingerprint density at radius 2 is 2.33 bits per heavy atom. The molecule has 4 heteroatoms. The number of aromatic nitrogens is 1. The molecule has 1 fully saturated rings. The number of carbonyl (C=O) groups is 1. The summed E-state index contributed by atoms with van der Waals surface area (Å²) in [4.78, 5) is 11.7. The molecule has 1 unspecified atom stereocenters. The van der Waals surface area contributed by atoms with Crippen LogP contribution in [0.4, 0.5) is 8.78 Å². The normalized spacial score (nSPS) is 22.3. The van der Waals surface area contributed by atoms with E-state index in [0.717, 1.165) is 6.42 Å². The van der Waals surface area contributed by atoms with Crippen LogP contribution in [0.5, 0.6) is 0 Å². The van der Waals surface area contributed by atoms with Gasteiger partial charge in [-0.05, 0) is 24.8 Å². The number of alkyl halides is 2. The second-order valence-corrected chi connectivity index (χ2v) is 5.23. The number of carbonyl (C=O) groups excluding carboxylic acids is 1. The van der Waals surface area contributed by atoms with Gasteiger partial charge >= 0.3 is 0 Å². The van der Waals surface area contributed by atoms with Crippen LogP contribution in [0.3, 0.4) is 0 Å². The molecule has 1 heterocycles. The first-order valence-electron chi connectivity index (χ1n) is 6.57. The molecule has 2 nitrogen and oxygen atoms in total. The van der Waals surface area contributed by atoms with E-state index in [-0.39, 0.29) is 24.5 Å². The van der Waals surface area contributed by atoms with Crippen molar-refractivity contribution < 1.29 is 13.6 Å². The maximum absolute atomic E-state index is 13.1. The highest BCUT2D eigenvalue weighted by Gasteiger charge is 2.39. The quantitative estimate of drug-likeness (QED) is 0.731. The highest BCUT2D eigenvalue weighted by Crippen LogP contribution is 2.39. The smallest absolute Gasteiger partial charge is 0.248 e. The van der Waals surface area contributed by atoms with Crippen LogP contribution < -0.4 is 0 Å². The lowest BCUT2D eigenvalue weighted by Gasteiger charge is -2.11. The summed E-state index contributed by atoms with van der Waals surface area (Å²) < 4.78 is 28.0. The molecule has 0 amide bonds. The molecule has 1 aromatic rings. The summed E-state index contributed by atoms with van der Waals surface area (Å²) in [5, 5.41) is 0. The lowest BCUT2D eigenvalue weighted by atomic mass is 10.1. The number of ketones is 1. The Morgan fingerprint density at radius 3 is 2.94 bits per heavy atom. The van der Waals surface area contributed by atoms with Crippen LogP contribution in [0.2, 0.25) is 0 Å². The van der Waals surface area contributed by atoms with Crippen LogP contribution in [-0.4, -0.2) is 16.3 Å². The number of rotatable bonds is 5. The van der Waals surface area contributed by atoms with Gasteiger partial charge in [-0.1, -0.05) is 6.92 Å². The molecular formula is C14H19F2NO. The van der Waals surface area contributed by atoms with E-state index in [1.807, 2.05) is 17.7 Å². The van der Waals surface area contributed by atoms with Gasteiger partial charge in [0, 0.05) is 43.8 Å². The number of hydrogen-bond acceptors (Lipinski definition) is 1. The molecule has 1 aliphatic carbocycles. The summed E-state index contributed by atoms with van der Waals surface area (Å²) in [6.07, 6.45) is 5.53. The number of halogens is 2. The van der Waals surface area contributed by atoms with E-state index in [1.165, 1.54) is 0 Å². The zero-order valence-corrected chi connectivity index (χ0v) is 10.7. The van der Waals surface area contributed by atoms with Gasteiger partial charge in [-0.3, -0.25) is 4.79 Å². The molecule has 0 spiro atoms. The predicted octanol–water partition coefficient (Wildman–Crippen LogP) is 3.91. The second-order valence-electron chi connectivity index (χ2n) is 5.23. The SMILES string of the molecule is CCCC(=O)c1ccn(CC2CCC(F)(F)C2)c1. The third-order valence-electron chi connectivity index (χ3n) is 3.52. The predicted molar refractivity (Wildman–Crippen MR) is 66.0 cm³/mol. The Morgan fingerprint density at radius 1 is 1.56 bits per heavy atom. The first-order chi connectivity index (χ1) is 8.50. The van der Waals surface area contributed by atoms with Crippen molar-refractivity contribution in [3.63, 3.8) is 0 Å². The van der Waals surface area contributed by atoms with E-state index in [2.05, 4.69) is 0 Å². The van der Waals surface area contributed by atoms with Crippen molar-refractivity contribution in [1.29, 1.82) is 0 Å². The van der Waals surface area contributed by atoms with E-state index >= 15 is 0 Å². The maximum atomic E-state index is 13.1. The summed E-state index contributed by atoms with van der Waals surface area (Å²) in [6.45, 7) is 2.56. The molecule has 1 saturated carbocycles. The number of Topliss-reactive ketones (excluding diaryl/α,β-unsaturated/α-hetero) is 1. The van der Waals surface area contributed by atoms with Crippen LogP contribution in [0.1, 0.15) is 49.4 Å². The van der Waals surface area contributed by atoms with Crippen molar-refractivity contribution in [3.05, 3.63) is 24.0 Å². The molecule has 1 aromatic heterocycles. The van der Waals surface area contributed by atoms with Gasteiger partial charge in [0.1, 0.15) is 0 Å². The van der Waals surface area contributed by atoms with Crippen LogP contribution >= 0.6 is 0 Å². The van der Waals surface area contributed by atoms with Crippen LogP contribution in [0.15, 0.2) is 18.5 Å². The summed E-state index contributed by atoms with van der Waals surface area (Å²) in [5.74, 6) is -2.33. The third kappa shape index (κ3) is 3.18. The van der Waals surface area contributed by atoms with Gasteiger partial charge in [0.15, 0.2) is 5.78 Å². The van der Waals surface area contributed by atoms with Gasteiger partial charge in [-0.25, -0.2) is 8.78 Å². The zero-order valence-electron chi connectivity index (χ0n) is 10.7. The highest BCUT2D eigenvalue weighted by molar-refractivity contribution is 5.95. The molecule has 0 aliphatic heterocycles. The van der Waals surface area contributed by atoms with Gasteiger partial charge < -0.3 is 4.57 Å². The largest absolute Gasteiger partial charge is 0.353 e. The van der Waals surface area contributed by atoms with E-state index in [4.69, 9.17) is 0 Å². The fourth-order valence-electron chi connectivity index (χ4n) is 2.59. The molecule has 1 aliphatic rings. The lowest BCUT2D eigenvalue weighted by Crippen LogP contribution is -2.12. The lowest BCUT2D eigenvalue weighted by molar-refractivity contribution is 0.00436. The van der Waals surface area contributed by atoms with E-state index in [9.17, 15) is 13.6 Å². The fraction of sp³-hybridized carbons (Fsp3) is 0.643. The van der Waals surface area contributed by atoms with Crippen molar-refractivity contribution in [1.82, 2.24) is 4.57 Å². The van der Waals surface area contributed by atoms with Gasteiger partial charge in [0.05, 0.1) is 0 Å². The van der Waals surface area contributed by atoms with E-state index < -0.39 is 5.92 Å².